The van der Waals surface area contributed by atoms with Crippen LogP contribution in [0.25, 0.3) is 0 Å². The van der Waals surface area contributed by atoms with Crippen LogP contribution in [0.5, 0.6) is 6.01 Å². The second-order valence-electron chi connectivity index (χ2n) is 6.31. The molecule has 2 heterocycles. The lowest BCUT2D eigenvalue weighted by molar-refractivity contribution is -0.145. The summed E-state index contributed by atoms with van der Waals surface area (Å²) >= 11 is 3.24. The fourth-order valence-electron chi connectivity index (χ4n) is 2.29. The van der Waals surface area contributed by atoms with Crippen molar-refractivity contribution in [2.24, 2.45) is 0 Å². The molecule has 2 atom stereocenters. The lowest BCUT2D eigenvalue weighted by atomic mass is 10.2. The summed E-state index contributed by atoms with van der Waals surface area (Å²) in [6.45, 7) is 5.47. The van der Waals surface area contributed by atoms with Crippen LogP contribution < -0.4 is 4.74 Å². The molecule has 2 rings (SSSR count). The van der Waals surface area contributed by atoms with Crippen molar-refractivity contribution < 1.29 is 23.8 Å². The van der Waals surface area contributed by atoms with Crippen LogP contribution >= 0.6 is 15.9 Å². The summed E-state index contributed by atoms with van der Waals surface area (Å²) in [6, 6.07) is 1.08. The van der Waals surface area contributed by atoms with Gasteiger partial charge in [-0.05, 0) is 42.8 Å². The average molecular weight is 402 g/mol. The zero-order valence-electron chi connectivity index (χ0n) is 14.0. The molecule has 1 aliphatic rings. The highest BCUT2D eigenvalue weighted by molar-refractivity contribution is 9.10. The van der Waals surface area contributed by atoms with Crippen molar-refractivity contribution in [3.63, 3.8) is 0 Å². The maximum absolute atomic E-state index is 12.3. The summed E-state index contributed by atoms with van der Waals surface area (Å²) in [5, 5.41) is 0. The molecule has 0 aromatic carbocycles. The molecular formula is C15H20BrN3O5. The van der Waals surface area contributed by atoms with Gasteiger partial charge in [-0.15, -0.1) is 0 Å². The van der Waals surface area contributed by atoms with Crippen molar-refractivity contribution in [3.05, 3.63) is 16.9 Å². The SMILES string of the molecule is COC(=O)C1CC(Oc2nccc(Br)n2)CN1C(=O)OC(C)(C)C. The molecule has 1 aromatic heterocycles. The lowest BCUT2D eigenvalue weighted by Gasteiger charge is -2.27. The molecule has 2 unspecified atom stereocenters. The number of rotatable bonds is 3. The molecule has 0 radical (unpaired) electrons. The minimum Gasteiger partial charge on any atom is -0.467 e. The van der Waals surface area contributed by atoms with Gasteiger partial charge in [-0.3, -0.25) is 4.90 Å². The van der Waals surface area contributed by atoms with Gasteiger partial charge in [0, 0.05) is 12.6 Å². The summed E-state index contributed by atoms with van der Waals surface area (Å²) in [5.41, 5.74) is -0.663. The number of ether oxygens (including phenoxy) is 3. The number of amides is 1. The smallest absolute Gasteiger partial charge is 0.411 e. The second-order valence-corrected chi connectivity index (χ2v) is 7.12. The van der Waals surface area contributed by atoms with Crippen LogP contribution in [0.2, 0.25) is 0 Å². The van der Waals surface area contributed by atoms with Gasteiger partial charge >= 0.3 is 18.1 Å². The first-order chi connectivity index (χ1) is 11.2. The maximum atomic E-state index is 12.3. The van der Waals surface area contributed by atoms with Crippen molar-refractivity contribution in [1.82, 2.24) is 14.9 Å². The highest BCUT2D eigenvalue weighted by Crippen LogP contribution is 2.25. The predicted octanol–water partition coefficient (Wildman–Crippen LogP) is 2.17. The van der Waals surface area contributed by atoms with E-state index in [0.29, 0.717) is 4.60 Å². The topological polar surface area (TPSA) is 90.9 Å². The van der Waals surface area contributed by atoms with Crippen LogP contribution in [0, 0.1) is 0 Å². The fourth-order valence-corrected chi connectivity index (χ4v) is 2.56. The number of halogens is 1. The Labute approximate surface area is 148 Å². The molecule has 8 nitrogen and oxygen atoms in total. The minimum atomic E-state index is -0.762. The zero-order valence-corrected chi connectivity index (χ0v) is 15.6. The summed E-state index contributed by atoms with van der Waals surface area (Å²) in [4.78, 5) is 33.7. The van der Waals surface area contributed by atoms with Gasteiger partial charge in [0.1, 0.15) is 22.4 Å². The number of aromatic nitrogens is 2. The molecule has 9 heteroatoms. The first-order valence-corrected chi connectivity index (χ1v) is 8.21. The molecule has 1 fully saturated rings. The third-order valence-electron chi connectivity index (χ3n) is 3.24. The Morgan fingerprint density at radius 2 is 2.08 bits per heavy atom. The molecule has 1 aliphatic heterocycles. The number of hydrogen-bond donors (Lipinski definition) is 0. The van der Waals surface area contributed by atoms with Crippen molar-refractivity contribution in [3.8, 4) is 6.01 Å². The highest BCUT2D eigenvalue weighted by Gasteiger charge is 2.43. The van der Waals surface area contributed by atoms with Gasteiger partial charge in [0.2, 0.25) is 0 Å². The monoisotopic (exact) mass is 401 g/mol. The zero-order chi connectivity index (χ0) is 17.9. The molecule has 0 aliphatic carbocycles. The largest absolute Gasteiger partial charge is 0.467 e. The normalized spacial score (nSPS) is 20.6. The van der Waals surface area contributed by atoms with Gasteiger partial charge < -0.3 is 14.2 Å². The quantitative estimate of drug-likeness (QED) is 0.565. The van der Waals surface area contributed by atoms with Gasteiger partial charge in [0.25, 0.3) is 0 Å². The first kappa shape index (κ1) is 18.4. The lowest BCUT2D eigenvalue weighted by Crippen LogP contribution is -2.44. The number of esters is 1. The Balaban J connectivity index is 2.11. The van der Waals surface area contributed by atoms with Crippen molar-refractivity contribution in [2.45, 2.75) is 44.9 Å². The van der Waals surface area contributed by atoms with E-state index in [9.17, 15) is 9.59 Å². The predicted molar refractivity (Wildman–Crippen MR) is 87.5 cm³/mol. The van der Waals surface area contributed by atoms with Gasteiger partial charge in [0.15, 0.2) is 0 Å². The molecule has 0 saturated carbocycles. The molecule has 0 N–H and O–H groups in total. The molecule has 24 heavy (non-hydrogen) atoms. The Hall–Kier alpha value is -1.90. The third kappa shape index (κ3) is 4.80. The van der Waals surface area contributed by atoms with Crippen molar-refractivity contribution >= 4 is 28.0 Å². The maximum Gasteiger partial charge on any atom is 0.411 e. The number of hydrogen-bond acceptors (Lipinski definition) is 7. The average Bonchev–Trinajstić information content (AvgIpc) is 2.88. The van der Waals surface area contributed by atoms with Crippen LogP contribution in [0.3, 0.4) is 0 Å². The second kappa shape index (κ2) is 7.33. The summed E-state index contributed by atoms with van der Waals surface area (Å²) in [7, 11) is 1.28. The Kier molecular flexibility index (Phi) is 5.63. The Morgan fingerprint density at radius 3 is 2.67 bits per heavy atom. The minimum absolute atomic E-state index is 0.170. The fraction of sp³-hybridized carbons (Fsp3) is 0.600. The van der Waals surface area contributed by atoms with Gasteiger partial charge in [-0.25, -0.2) is 14.6 Å². The highest BCUT2D eigenvalue weighted by atomic mass is 79.9. The molecule has 1 saturated heterocycles. The van der Waals surface area contributed by atoms with E-state index >= 15 is 0 Å². The van der Waals surface area contributed by atoms with Crippen LogP contribution in [0.15, 0.2) is 16.9 Å². The van der Waals surface area contributed by atoms with Crippen LogP contribution in [-0.4, -0.2) is 58.3 Å². The van der Waals surface area contributed by atoms with Crippen molar-refractivity contribution in [2.75, 3.05) is 13.7 Å². The number of carbonyl (C=O) groups is 2. The third-order valence-corrected chi connectivity index (χ3v) is 3.68. The Morgan fingerprint density at radius 1 is 1.38 bits per heavy atom. The number of likely N-dealkylation sites (tertiary alicyclic amines) is 1. The molecule has 0 bridgehead atoms. The van der Waals surface area contributed by atoms with E-state index in [0.717, 1.165) is 0 Å². The van der Waals surface area contributed by atoms with Gasteiger partial charge in [-0.1, -0.05) is 0 Å². The number of nitrogens with zero attached hydrogens (tertiary/aromatic N) is 3. The van der Waals surface area contributed by atoms with E-state index in [1.807, 2.05) is 0 Å². The molecule has 0 spiro atoms. The molecule has 1 amide bonds. The van der Waals surface area contributed by atoms with E-state index in [1.165, 1.54) is 12.0 Å². The summed E-state index contributed by atoms with van der Waals surface area (Å²) in [6.07, 6.45) is 0.808. The Bertz CT molecular complexity index is 619. The van der Waals surface area contributed by atoms with E-state index in [1.54, 1.807) is 33.0 Å². The van der Waals surface area contributed by atoms with E-state index < -0.39 is 29.8 Å². The van der Waals surface area contributed by atoms with Gasteiger partial charge in [-0.2, -0.15) is 4.98 Å². The van der Waals surface area contributed by atoms with E-state index in [-0.39, 0.29) is 19.0 Å². The number of carbonyl (C=O) groups excluding carboxylic acids is 2. The molecule has 1 aromatic rings. The summed E-state index contributed by atoms with van der Waals surface area (Å²) < 4.78 is 16.4. The van der Waals surface area contributed by atoms with Gasteiger partial charge in [0.05, 0.1) is 13.7 Å². The standard InChI is InChI=1S/C15H20BrN3O5/c1-15(2,3)24-14(21)19-8-9(7-10(19)12(20)22-4)23-13-17-6-5-11(16)18-13/h5-6,9-10H,7-8H2,1-4H3. The number of methoxy groups -OCH3 is 1. The van der Waals surface area contributed by atoms with Crippen LogP contribution in [0.1, 0.15) is 27.2 Å². The molecular weight excluding hydrogens is 382 g/mol. The van der Waals surface area contributed by atoms with Crippen molar-refractivity contribution in [1.29, 1.82) is 0 Å². The van der Waals surface area contributed by atoms with E-state index in [2.05, 4.69) is 25.9 Å². The first-order valence-electron chi connectivity index (χ1n) is 7.42. The molecule has 132 valence electrons. The van der Waals surface area contributed by atoms with Crippen LogP contribution in [0.4, 0.5) is 4.79 Å². The van der Waals surface area contributed by atoms with E-state index in [4.69, 9.17) is 14.2 Å². The summed E-state index contributed by atoms with van der Waals surface area (Å²) in [5.74, 6) is -0.512. The van der Waals surface area contributed by atoms with Crippen LogP contribution in [-0.2, 0) is 14.3 Å².